The molecule has 1 saturated heterocycles. The van der Waals surface area contributed by atoms with Crippen LogP contribution in [-0.2, 0) is 4.74 Å². The molecule has 0 radical (unpaired) electrons. The minimum absolute atomic E-state index is 0.241. The monoisotopic (exact) mass is 364 g/mol. The third-order valence-electron chi connectivity index (χ3n) is 4.37. The number of β-amino-alcohol motifs (C(OH)–C–C–N with tert-alkyl or cyclic N) is 1. The highest BCUT2D eigenvalue weighted by atomic mass is 16.5. The Morgan fingerprint density at radius 2 is 1.65 bits per heavy atom. The van der Waals surface area contributed by atoms with Crippen molar-refractivity contribution in [2.75, 3.05) is 52.5 Å². The van der Waals surface area contributed by atoms with Crippen molar-refractivity contribution in [1.29, 1.82) is 0 Å². The van der Waals surface area contributed by atoms with Gasteiger partial charge in [0.2, 0.25) is 0 Å². The van der Waals surface area contributed by atoms with Crippen LogP contribution >= 0.6 is 0 Å². The zero-order valence-corrected chi connectivity index (χ0v) is 16.2. The Kier molecular flexibility index (Phi) is 8.35. The third kappa shape index (κ3) is 6.94. The second-order valence-corrected chi connectivity index (χ2v) is 7.20. The van der Waals surface area contributed by atoms with E-state index in [-0.39, 0.29) is 12.6 Å². The zero-order chi connectivity index (χ0) is 18.9. The minimum atomic E-state index is -0.531. The molecule has 2 rings (SSSR count). The van der Waals surface area contributed by atoms with Crippen molar-refractivity contribution in [3.8, 4) is 5.75 Å². The molecule has 1 atom stereocenters. The number of ether oxygens (including phenoxy) is 2. The molecule has 1 fully saturated rings. The van der Waals surface area contributed by atoms with Crippen LogP contribution in [-0.4, -0.2) is 79.5 Å². The molecule has 0 aromatic heterocycles. The van der Waals surface area contributed by atoms with E-state index in [0.29, 0.717) is 30.4 Å². The summed E-state index contributed by atoms with van der Waals surface area (Å²) in [5, 5.41) is 10.2. The highest BCUT2D eigenvalue weighted by molar-refractivity contribution is 5.89. The average molecular weight is 364 g/mol. The number of hydrogen-bond donors (Lipinski definition) is 1. The van der Waals surface area contributed by atoms with Crippen molar-refractivity contribution >= 4 is 5.97 Å². The first-order valence-electron chi connectivity index (χ1n) is 9.50. The van der Waals surface area contributed by atoms with Gasteiger partial charge in [-0.3, -0.25) is 4.90 Å². The minimum Gasteiger partial charge on any atom is -0.491 e. The Bertz CT molecular complexity index is 539. The smallest absolute Gasteiger partial charge is 0.338 e. The van der Waals surface area contributed by atoms with Crippen LogP contribution in [0.15, 0.2) is 24.3 Å². The zero-order valence-electron chi connectivity index (χ0n) is 16.2. The van der Waals surface area contributed by atoms with Crippen LogP contribution in [0.4, 0.5) is 0 Å². The number of carbonyl (C=O) groups excluding carboxylic acids is 1. The number of piperazine rings is 1. The van der Waals surface area contributed by atoms with Crippen molar-refractivity contribution in [2.24, 2.45) is 5.92 Å². The number of benzene rings is 1. The van der Waals surface area contributed by atoms with Crippen LogP contribution in [0, 0.1) is 5.92 Å². The second-order valence-electron chi connectivity index (χ2n) is 7.20. The molecule has 1 aliphatic heterocycles. The van der Waals surface area contributed by atoms with Crippen LogP contribution in [0.5, 0.6) is 5.75 Å². The van der Waals surface area contributed by atoms with Crippen LogP contribution in [0.2, 0.25) is 0 Å². The molecule has 1 aromatic rings. The normalized spacial score (nSPS) is 17.3. The summed E-state index contributed by atoms with van der Waals surface area (Å²) in [5.41, 5.74) is 0.499. The van der Waals surface area contributed by atoms with Crippen LogP contribution in [0.3, 0.4) is 0 Å². The summed E-state index contributed by atoms with van der Waals surface area (Å²) >= 11 is 0. The summed E-state index contributed by atoms with van der Waals surface area (Å²) < 4.78 is 10.6. The molecule has 1 heterocycles. The molecule has 0 spiro atoms. The molecule has 6 heteroatoms. The average Bonchev–Trinajstić information content (AvgIpc) is 2.62. The summed E-state index contributed by atoms with van der Waals surface area (Å²) in [7, 11) is 0. The summed E-state index contributed by atoms with van der Waals surface area (Å²) in [6.07, 6.45) is -0.531. The molecule has 1 aromatic carbocycles. The lowest BCUT2D eigenvalue weighted by molar-refractivity contribution is 0.0439. The summed E-state index contributed by atoms with van der Waals surface area (Å²) in [6, 6.07) is 6.80. The van der Waals surface area contributed by atoms with Crippen molar-refractivity contribution < 1.29 is 19.4 Å². The molecule has 0 saturated carbocycles. The molecule has 1 aliphatic rings. The van der Waals surface area contributed by atoms with Gasteiger partial charge >= 0.3 is 5.97 Å². The van der Waals surface area contributed by atoms with Gasteiger partial charge in [-0.2, -0.15) is 0 Å². The predicted molar refractivity (Wildman–Crippen MR) is 102 cm³/mol. The maximum Gasteiger partial charge on any atom is 0.338 e. The van der Waals surface area contributed by atoms with Crippen molar-refractivity contribution in [3.05, 3.63) is 29.8 Å². The lowest BCUT2D eigenvalue weighted by Gasteiger charge is -2.36. The SMILES string of the molecule is CCOC(=O)c1ccc(OCC(O)CN2CCN(CC(C)C)CC2)cc1. The Hall–Kier alpha value is -1.63. The van der Waals surface area contributed by atoms with Crippen molar-refractivity contribution in [2.45, 2.75) is 26.9 Å². The Labute approximate surface area is 156 Å². The van der Waals surface area contributed by atoms with E-state index in [4.69, 9.17) is 9.47 Å². The quantitative estimate of drug-likeness (QED) is 0.675. The lowest BCUT2D eigenvalue weighted by Crippen LogP contribution is -2.49. The van der Waals surface area contributed by atoms with E-state index >= 15 is 0 Å². The first kappa shape index (κ1) is 20.7. The summed E-state index contributed by atoms with van der Waals surface area (Å²) in [6.45, 7) is 12.7. The first-order valence-corrected chi connectivity index (χ1v) is 9.50. The van der Waals surface area contributed by atoms with Crippen LogP contribution in [0.1, 0.15) is 31.1 Å². The highest BCUT2D eigenvalue weighted by Crippen LogP contribution is 2.14. The first-order chi connectivity index (χ1) is 12.5. The molecular formula is C20H32N2O4. The van der Waals surface area contributed by atoms with Gasteiger partial charge in [0.25, 0.3) is 0 Å². The molecule has 1 N–H and O–H groups in total. The Morgan fingerprint density at radius 1 is 1.08 bits per heavy atom. The number of carbonyl (C=O) groups is 1. The van der Waals surface area contributed by atoms with Crippen LogP contribution in [0.25, 0.3) is 0 Å². The number of esters is 1. The number of nitrogens with zero attached hydrogens (tertiary/aromatic N) is 2. The fourth-order valence-electron chi connectivity index (χ4n) is 3.12. The van der Waals surface area contributed by atoms with E-state index in [1.807, 2.05) is 0 Å². The largest absolute Gasteiger partial charge is 0.491 e. The van der Waals surface area contributed by atoms with Gasteiger partial charge in [0, 0.05) is 39.3 Å². The van der Waals surface area contributed by atoms with E-state index < -0.39 is 6.10 Å². The molecule has 6 nitrogen and oxygen atoms in total. The molecular weight excluding hydrogens is 332 g/mol. The third-order valence-corrected chi connectivity index (χ3v) is 4.37. The van der Waals surface area contributed by atoms with Gasteiger partial charge in [-0.25, -0.2) is 4.79 Å². The fraction of sp³-hybridized carbons (Fsp3) is 0.650. The van der Waals surface area contributed by atoms with E-state index in [0.717, 1.165) is 32.7 Å². The molecule has 26 heavy (non-hydrogen) atoms. The van der Waals surface area contributed by atoms with Gasteiger partial charge in [0.15, 0.2) is 0 Å². The maximum atomic E-state index is 11.6. The van der Waals surface area contributed by atoms with E-state index in [1.165, 1.54) is 0 Å². The summed E-state index contributed by atoms with van der Waals surface area (Å²) in [5.74, 6) is 0.991. The Balaban J connectivity index is 1.69. The van der Waals surface area contributed by atoms with Gasteiger partial charge in [0.1, 0.15) is 18.5 Å². The molecule has 0 aliphatic carbocycles. The summed E-state index contributed by atoms with van der Waals surface area (Å²) in [4.78, 5) is 16.4. The molecule has 146 valence electrons. The van der Waals surface area contributed by atoms with Gasteiger partial charge in [-0.05, 0) is 37.1 Å². The number of aliphatic hydroxyl groups is 1. The second kappa shape index (κ2) is 10.5. The Morgan fingerprint density at radius 3 is 2.19 bits per heavy atom. The number of hydrogen-bond acceptors (Lipinski definition) is 6. The van der Waals surface area contributed by atoms with E-state index in [9.17, 15) is 9.90 Å². The molecule has 0 amide bonds. The number of rotatable bonds is 9. The van der Waals surface area contributed by atoms with Crippen molar-refractivity contribution in [1.82, 2.24) is 9.80 Å². The van der Waals surface area contributed by atoms with Crippen molar-refractivity contribution in [3.63, 3.8) is 0 Å². The topological polar surface area (TPSA) is 62.2 Å². The fourth-order valence-corrected chi connectivity index (χ4v) is 3.12. The van der Waals surface area contributed by atoms with Gasteiger partial charge in [-0.1, -0.05) is 13.8 Å². The van der Waals surface area contributed by atoms with Crippen LogP contribution < -0.4 is 4.74 Å². The van der Waals surface area contributed by atoms with Gasteiger partial charge < -0.3 is 19.5 Å². The predicted octanol–water partition coefficient (Wildman–Crippen LogP) is 1.88. The molecule has 1 unspecified atom stereocenters. The van der Waals surface area contributed by atoms with Gasteiger partial charge in [-0.15, -0.1) is 0 Å². The standard InChI is InChI=1S/C20H32N2O4/c1-4-25-20(24)17-5-7-19(8-6-17)26-15-18(23)14-22-11-9-21(10-12-22)13-16(2)3/h5-8,16,18,23H,4,9-15H2,1-3H3. The highest BCUT2D eigenvalue weighted by Gasteiger charge is 2.19. The number of aliphatic hydroxyl groups excluding tert-OH is 1. The van der Waals surface area contributed by atoms with Gasteiger partial charge in [0.05, 0.1) is 12.2 Å². The van der Waals surface area contributed by atoms with E-state index in [2.05, 4.69) is 23.6 Å². The maximum absolute atomic E-state index is 11.6. The molecule has 0 bridgehead atoms. The van der Waals surface area contributed by atoms with E-state index in [1.54, 1.807) is 31.2 Å². The lowest BCUT2D eigenvalue weighted by atomic mass is 10.2.